The summed E-state index contributed by atoms with van der Waals surface area (Å²) in [5.41, 5.74) is 5.71. The Morgan fingerprint density at radius 2 is 1.26 bits per heavy atom. The fourth-order valence-electron chi connectivity index (χ4n) is 4.41. The van der Waals surface area contributed by atoms with E-state index in [1.54, 1.807) is 0 Å². The molecule has 3 N–H and O–H groups in total. The zero-order valence-electron chi connectivity index (χ0n) is 23.2. The van der Waals surface area contributed by atoms with Crippen LogP contribution in [0.25, 0.3) is 0 Å². The molecule has 0 rings (SSSR count). The number of ether oxygens (including phenoxy) is 1. The number of hydrogen-bond acceptors (Lipinski definition) is 5. The molecule has 0 heterocycles. The van der Waals surface area contributed by atoms with Gasteiger partial charge in [0.2, 0.25) is 0 Å². The van der Waals surface area contributed by atoms with Crippen LogP contribution in [0.2, 0.25) is 0 Å². The lowest BCUT2D eigenvalue weighted by Gasteiger charge is -2.22. The number of carbonyl (C=O) groups is 2. The first-order valence-electron chi connectivity index (χ1n) is 14.8. The predicted molar refractivity (Wildman–Crippen MR) is 147 cm³/mol. The standard InChI is InChI=1S/C29H58N2O4/c1-3-4-5-8-13-19-27(2)26-35-29(34)21-15-10-7-12-17-24-31(25-18-22-30)23-16-11-6-9-14-20-28(32)33/h27H,3-26,30H2,1-2H3,(H,32,33). The summed E-state index contributed by atoms with van der Waals surface area (Å²) in [5, 5.41) is 8.69. The third kappa shape index (κ3) is 25.8. The summed E-state index contributed by atoms with van der Waals surface area (Å²) >= 11 is 0. The van der Waals surface area contributed by atoms with Gasteiger partial charge < -0.3 is 20.5 Å². The molecule has 6 heteroatoms. The predicted octanol–water partition coefficient (Wildman–Crippen LogP) is 6.94. The molecule has 0 radical (unpaired) electrons. The van der Waals surface area contributed by atoms with Crippen molar-refractivity contribution in [2.45, 2.75) is 136 Å². The molecule has 0 aliphatic rings. The SMILES string of the molecule is CCCCCCCC(C)COC(=O)CCCCCCCN(CCCN)CCCCCCCC(=O)O. The van der Waals surface area contributed by atoms with Crippen molar-refractivity contribution in [3.8, 4) is 0 Å². The smallest absolute Gasteiger partial charge is 0.305 e. The summed E-state index contributed by atoms with van der Waals surface area (Å²) in [7, 11) is 0. The molecule has 0 aliphatic carbocycles. The third-order valence-electron chi connectivity index (χ3n) is 6.73. The second-order valence-corrected chi connectivity index (χ2v) is 10.4. The van der Waals surface area contributed by atoms with E-state index >= 15 is 0 Å². The zero-order valence-corrected chi connectivity index (χ0v) is 23.2. The number of carbonyl (C=O) groups excluding carboxylic acids is 1. The number of aliphatic carboxylic acids is 1. The molecule has 208 valence electrons. The normalized spacial score (nSPS) is 12.2. The molecule has 0 aliphatic heterocycles. The number of nitrogens with two attached hydrogens (primary N) is 1. The largest absolute Gasteiger partial charge is 0.481 e. The lowest BCUT2D eigenvalue weighted by molar-refractivity contribution is -0.145. The number of carboxylic acid groups (broad SMARTS) is 1. The minimum Gasteiger partial charge on any atom is -0.481 e. The summed E-state index contributed by atoms with van der Waals surface area (Å²) in [6.07, 6.45) is 20.4. The van der Waals surface area contributed by atoms with Crippen LogP contribution in [-0.4, -0.2) is 54.7 Å². The van der Waals surface area contributed by atoms with E-state index in [2.05, 4.69) is 18.7 Å². The molecule has 0 aromatic rings. The highest BCUT2D eigenvalue weighted by molar-refractivity contribution is 5.69. The molecule has 0 saturated heterocycles. The second kappa shape index (κ2) is 25.9. The van der Waals surface area contributed by atoms with Gasteiger partial charge in [0.15, 0.2) is 0 Å². The van der Waals surface area contributed by atoms with E-state index in [4.69, 9.17) is 15.6 Å². The van der Waals surface area contributed by atoms with Gasteiger partial charge in [-0.2, -0.15) is 0 Å². The van der Waals surface area contributed by atoms with Crippen LogP contribution in [0.5, 0.6) is 0 Å². The number of carboxylic acids is 1. The summed E-state index contributed by atoms with van der Waals surface area (Å²) < 4.78 is 5.48. The van der Waals surface area contributed by atoms with Crippen LogP contribution < -0.4 is 5.73 Å². The van der Waals surface area contributed by atoms with E-state index in [0.717, 1.165) is 71.1 Å². The van der Waals surface area contributed by atoms with Crippen LogP contribution >= 0.6 is 0 Å². The summed E-state index contributed by atoms with van der Waals surface area (Å²) in [4.78, 5) is 25.1. The number of unbranched alkanes of at least 4 members (excludes halogenated alkanes) is 12. The Kier molecular flexibility index (Phi) is 25.1. The Morgan fingerprint density at radius 3 is 1.86 bits per heavy atom. The highest BCUT2D eigenvalue weighted by atomic mass is 16.5. The van der Waals surface area contributed by atoms with Crippen molar-refractivity contribution in [2.75, 3.05) is 32.8 Å². The molecule has 0 saturated carbocycles. The maximum Gasteiger partial charge on any atom is 0.305 e. The van der Waals surface area contributed by atoms with Crippen LogP contribution in [0, 0.1) is 5.92 Å². The number of rotatable bonds is 27. The van der Waals surface area contributed by atoms with Crippen molar-refractivity contribution in [2.24, 2.45) is 11.7 Å². The van der Waals surface area contributed by atoms with E-state index in [1.807, 2.05) is 0 Å². The fourth-order valence-corrected chi connectivity index (χ4v) is 4.41. The van der Waals surface area contributed by atoms with E-state index in [0.29, 0.717) is 25.4 Å². The molecule has 6 nitrogen and oxygen atoms in total. The Balaban J connectivity index is 3.69. The number of esters is 1. The quantitative estimate of drug-likeness (QED) is 0.0941. The Bertz CT molecular complexity index is 487. The second-order valence-electron chi connectivity index (χ2n) is 10.4. The minimum absolute atomic E-state index is 0.0289. The van der Waals surface area contributed by atoms with Gasteiger partial charge in [-0.25, -0.2) is 0 Å². The Labute approximate surface area is 216 Å². The Morgan fingerprint density at radius 1 is 0.743 bits per heavy atom. The molecule has 0 fully saturated rings. The highest BCUT2D eigenvalue weighted by Gasteiger charge is 2.08. The Hall–Kier alpha value is -1.14. The van der Waals surface area contributed by atoms with Crippen LogP contribution in [0.4, 0.5) is 0 Å². The first kappa shape index (κ1) is 33.9. The molecule has 0 aromatic heterocycles. The average molecular weight is 499 g/mol. The van der Waals surface area contributed by atoms with Crippen molar-refractivity contribution >= 4 is 11.9 Å². The summed E-state index contributed by atoms with van der Waals surface area (Å²) in [5.74, 6) is -0.246. The van der Waals surface area contributed by atoms with Crippen molar-refractivity contribution in [3.05, 3.63) is 0 Å². The topological polar surface area (TPSA) is 92.9 Å². The van der Waals surface area contributed by atoms with Gasteiger partial charge in [0.25, 0.3) is 0 Å². The monoisotopic (exact) mass is 498 g/mol. The minimum atomic E-state index is -0.689. The van der Waals surface area contributed by atoms with E-state index in [9.17, 15) is 9.59 Å². The molecule has 0 spiro atoms. The van der Waals surface area contributed by atoms with E-state index in [1.165, 1.54) is 64.2 Å². The van der Waals surface area contributed by atoms with Crippen molar-refractivity contribution in [3.63, 3.8) is 0 Å². The summed E-state index contributed by atoms with van der Waals surface area (Å²) in [6, 6.07) is 0. The molecule has 1 atom stereocenters. The van der Waals surface area contributed by atoms with Gasteiger partial charge in [0.1, 0.15) is 0 Å². The lowest BCUT2D eigenvalue weighted by atomic mass is 10.0. The summed E-state index contributed by atoms with van der Waals surface area (Å²) in [6.45, 7) is 9.04. The maximum atomic E-state index is 12.0. The molecular weight excluding hydrogens is 440 g/mol. The number of nitrogens with zero attached hydrogens (tertiary/aromatic N) is 1. The zero-order chi connectivity index (χ0) is 26.0. The van der Waals surface area contributed by atoms with Gasteiger partial charge in [-0.3, -0.25) is 9.59 Å². The molecule has 1 unspecified atom stereocenters. The maximum absolute atomic E-state index is 12.0. The van der Waals surface area contributed by atoms with E-state index < -0.39 is 5.97 Å². The fraction of sp³-hybridized carbons (Fsp3) is 0.931. The number of hydrogen-bond donors (Lipinski definition) is 2. The highest BCUT2D eigenvalue weighted by Crippen LogP contribution is 2.13. The lowest BCUT2D eigenvalue weighted by Crippen LogP contribution is -2.28. The van der Waals surface area contributed by atoms with Crippen LogP contribution in [0.15, 0.2) is 0 Å². The van der Waals surface area contributed by atoms with Gasteiger partial charge >= 0.3 is 11.9 Å². The molecule has 35 heavy (non-hydrogen) atoms. The van der Waals surface area contributed by atoms with Crippen molar-refractivity contribution in [1.29, 1.82) is 0 Å². The van der Waals surface area contributed by atoms with Crippen LogP contribution in [-0.2, 0) is 14.3 Å². The van der Waals surface area contributed by atoms with Gasteiger partial charge in [0.05, 0.1) is 6.61 Å². The van der Waals surface area contributed by atoms with Gasteiger partial charge in [0, 0.05) is 12.8 Å². The van der Waals surface area contributed by atoms with Gasteiger partial charge in [-0.05, 0) is 70.6 Å². The first-order chi connectivity index (χ1) is 17.0. The average Bonchev–Trinajstić information content (AvgIpc) is 2.83. The van der Waals surface area contributed by atoms with Gasteiger partial charge in [-0.15, -0.1) is 0 Å². The van der Waals surface area contributed by atoms with Crippen molar-refractivity contribution < 1.29 is 19.4 Å². The molecule has 0 aromatic carbocycles. The van der Waals surface area contributed by atoms with E-state index in [-0.39, 0.29) is 5.97 Å². The van der Waals surface area contributed by atoms with Gasteiger partial charge in [-0.1, -0.05) is 84.5 Å². The molecular formula is C29H58N2O4. The van der Waals surface area contributed by atoms with Crippen molar-refractivity contribution in [1.82, 2.24) is 4.90 Å². The van der Waals surface area contributed by atoms with Crippen LogP contribution in [0.3, 0.4) is 0 Å². The van der Waals surface area contributed by atoms with Crippen LogP contribution in [0.1, 0.15) is 136 Å². The first-order valence-corrected chi connectivity index (χ1v) is 14.8. The molecule has 0 bridgehead atoms. The molecule has 0 amide bonds. The third-order valence-corrected chi connectivity index (χ3v) is 6.73.